The van der Waals surface area contributed by atoms with Crippen molar-refractivity contribution in [3.05, 3.63) is 16.8 Å². The van der Waals surface area contributed by atoms with Crippen molar-refractivity contribution in [2.75, 3.05) is 25.1 Å². The van der Waals surface area contributed by atoms with E-state index in [-0.39, 0.29) is 0 Å². The Bertz CT molecular complexity index is 809. The predicted molar refractivity (Wildman–Crippen MR) is 87.8 cm³/mol. The van der Waals surface area contributed by atoms with E-state index in [1.54, 1.807) is 6.33 Å². The summed E-state index contributed by atoms with van der Waals surface area (Å²) in [5.74, 6) is 0.774. The fourth-order valence-corrected chi connectivity index (χ4v) is 4.30. The van der Waals surface area contributed by atoms with E-state index in [0.717, 1.165) is 49.0 Å². The summed E-state index contributed by atoms with van der Waals surface area (Å²) in [6.45, 7) is 4.36. The third-order valence-electron chi connectivity index (χ3n) is 4.03. The lowest BCUT2D eigenvalue weighted by molar-refractivity contribution is 0.147. The van der Waals surface area contributed by atoms with Crippen LogP contribution in [0.15, 0.2) is 6.33 Å². The second-order valence-corrected chi connectivity index (χ2v) is 6.53. The number of aryl methyl sites for hydroxylation is 2. The highest BCUT2D eigenvalue weighted by Crippen LogP contribution is 2.38. The Morgan fingerprint density at radius 2 is 2.36 bits per heavy atom. The molecule has 0 aliphatic heterocycles. The molecule has 7 heteroatoms. The maximum absolute atomic E-state index is 5.36. The lowest BCUT2D eigenvalue weighted by Gasteiger charge is -2.08. The van der Waals surface area contributed by atoms with Gasteiger partial charge in [0.05, 0.1) is 5.39 Å². The summed E-state index contributed by atoms with van der Waals surface area (Å²) in [5, 5.41) is 8.91. The molecule has 0 unspecified atom stereocenters. The van der Waals surface area contributed by atoms with Crippen LogP contribution in [-0.4, -0.2) is 39.3 Å². The van der Waals surface area contributed by atoms with Gasteiger partial charge in [0.1, 0.15) is 11.2 Å². The summed E-state index contributed by atoms with van der Waals surface area (Å²) in [6, 6.07) is 0. The fraction of sp³-hybridized carbons (Fsp3) is 0.533. The van der Waals surface area contributed by atoms with Gasteiger partial charge in [-0.1, -0.05) is 0 Å². The van der Waals surface area contributed by atoms with E-state index in [1.165, 1.54) is 28.7 Å². The van der Waals surface area contributed by atoms with E-state index in [9.17, 15) is 0 Å². The maximum atomic E-state index is 5.36. The number of ether oxygens (including phenoxy) is 1. The number of anilines is 1. The van der Waals surface area contributed by atoms with Gasteiger partial charge in [-0.3, -0.25) is 0 Å². The van der Waals surface area contributed by atoms with Crippen molar-refractivity contribution >= 4 is 33.1 Å². The van der Waals surface area contributed by atoms with Crippen LogP contribution in [0.4, 0.5) is 5.95 Å². The van der Waals surface area contributed by atoms with Crippen LogP contribution in [0.2, 0.25) is 0 Å². The highest BCUT2D eigenvalue weighted by atomic mass is 32.1. The molecule has 0 spiro atoms. The second kappa shape index (κ2) is 5.81. The van der Waals surface area contributed by atoms with Crippen LogP contribution in [0, 0.1) is 0 Å². The number of fused-ring (bicyclic) bond motifs is 5. The summed E-state index contributed by atoms with van der Waals surface area (Å²) < 4.78 is 7.19. The summed E-state index contributed by atoms with van der Waals surface area (Å²) in [6.07, 6.45) is 6.12. The average Bonchev–Trinajstić information content (AvgIpc) is 3.20. The molecule has 0 atom stereocenters. The minimum Gasteiger partial charge on any atom is -0.382 e. The molecule has 3 heterocycles. The van der Waals surface area contributed by atoms with Crippen LogP contribution in [0.25, 0.3) is 15.9 Å². The molecule has 4 rings (SSSR count). The summed E-state index contributed by atoms with van der Waals surface area (Å²) in [7, 11) is 0. The number of aromatic nitrogens is 4. The lowest BCUT2D eigenvalue weighted by atomic mass is 10.2. The zero-order valence-electron chi connectivity index (χ0n) is 12.6. The number of rotatable bonds is 6. The van der Waals surface area contributed by atoms with Gasteiger partial charge in [-0.25, -0.2) is 9.97 Å². The first kappa shape index (κ1) is 13.9. The molecule has 0 aromatic carbocycles. The monoisotopic (exact) mass is 317 g/mol. The molecule has 0 amide bonds. The molecular formula is C15H19N5OS. The number of nitrogens with zero attached hydrogens (tertiary/aromatic N) is 4. The first-order valence-electron chi connectivity index (χ1n) is 7.84. The van der Waals surface area contributed by atoms with Crippen molar-refractivity contribution in [1.29, 1.82) is 0 Å². The van der Waals surface area contributed by atoms with Gasteiger partial charge in [0, 0.05) is 24.6 Å². The Balaban J connectivity index is 1.68. The number of hydrogen-bond donors (Lipinski definition) is 1. The normalized spacial score (nSPS) is 14.0. The van der Waals surface area contributed by atoms with Crippen molar-refractivity contribution in [3.63, 3.8) is 0 Å². The zero-order chi connectivity index (χ0) is 14.9. The minimum absolute atomic E-state index is 0.762. The van der Waals surface area contributed by atoms with E-state index in [4.69, 9.17) is 9.72 Å². The molecule has 0 radical (unpaired) electrons. The largest absolute Gasteiger partial charge is 0.382 e. The molecule has 0 saturated heterocycles. The molecule has 22 heavy (non-hydrogen) atoms. The molecule has 1 aliphatic rings. The Morgan fingerprint density at radius 1 is 1.41 bits per heavy atom. The van der Waals surface area contributed by atoms with E-state index in [2.05, 4.69) is 15.4 Å². The summed E-state index contributed by atoms with van der Waals surface area (Å²) >= 11 is 1.81. The first-order chi connectivity index (χ1) is 10.9. The minimum atomic E-state index is 0.762. The van der Waals surface area contributed by atoms with Crippen molar-refractivity contribution in [2.24, 2.45) is 0 Å². The molecule has 3 aromatic rings. The van der Waals surface area contributed by atoms with Crippen LogP contribution in [0.5, 0.6) is 0 Å². The molecular weight excluding hydrogens is 298 g/mol. The molecule has 0 fully saturated rings. The molecule has 6 nitrogen and oxygen atoms in total. The quantitative estimate of drug-likeness (QED) is 0.708. The fourth-order valence-electron chi connectivity index (χ4n) is 3.04. The third kappa shape index (κ3) is 2.24. The topological polar surface area (TPSA) is 64.3 Å². The average molecular weight is 317 g/mol. The van der Waals surface area contributed by atoms with Gasteiger partial charge in [0.15, 0.2) is 5.65 Å². The Morgan fingerprint density at radius 3 is 3.27 bits per heavy atom. The number of hydrogen-bond acceptors (Lipinski definition) is 6. The lowest BCUT2D eigenvalue weighted by Crippen LogP contribution is -2.11. The zero-order valence-corrected chi connectivity index (χ0v) is 13.4. The van der Waals surface area contributed by atoms with Gasteiger partial charge in [-0.2, -0.15) is 9.61 Å². The van der Waals surface area contributed by atoms with Crippen LogP contribution in [-0.2, 0) is 17.6 Å². The van der Waals surface area contributed by atoms with Gasteiger partial charge in [-0.15, -0.1) is 11.3 Å². The van der Waals surface area contributed by atoms with Crippen molar-refractivity contribution in [1.82, 2.24) is 19.6 Å². The third-order valence-corrected chi connectivity index (χ3v) is 5.22. The van der Waals surface area contributed by atoms with Crippen molar-refractivity contribution < 1.29 is 4.74 Å². The van der Waals surface area contributed by atoms with Crippen LogP contribution in [0.1, 0.15) is 30.2 Å². The van der Waals surface area contributed by atoms with Gasteiger partial charge in [0.2, 0.25) is 5.95 Å². The summed E-state index contributed by atoms with van der Waals surface area (Å²) in [5.41, 5.74) is 2.37. The molecule has 0 bridgehead atoms. The van der Waals surface area contributed by atoms with Gasteiger partial charge >= 0.3 is 0 Å². The molecule has 0 saturated carbocycles. The number of nitrogens with one attached hydrogen (secondary N) is 1. The summed E-state index contributed by atoms with van der Waals surface area (Å²) in [4.78, 5) is 11.8. The van der Waals surface area contributed by atoms with Crippen LogP contribution < -0.4 is 5.32 Å². The van der Waals surface area contributed by atoms with E-state index in [0.29, 0.717) is 0 Å². The van der Waals surface area contributed by atoms with Gasteiger partial charge in [-0.05, 0) is 38.2 Å². The molecule has 1 aliphatic carbocycles. The van der Waals surface area contributed by atoms with Crippen LogP contribution in [0.3, 0.4) is 0 Å². The van der Waals surface area contributed by atoms with Gasteiger partial charge in [0.25, 0.3) is 0 Å². The van der Waals surface area contributed by atoms with E-state index >= 15 is 0 Å². The Labute approximate surface area is 132 Å². The first-order valence-corrected chi connectivity index (χ1v) is 8.65. The maximum Gasteiger partial charge on any atom is 0.227 e. The van der Waals surface area contributed by atoms with Crippen LogP contribution >= 0.6 is 11.3 Å². The highest BCUT2D eigenvalue weighted by molar-refractivity contribution is 7.19. The smallest absolute Gasteiger partial charge is 0.227 e. The predicted octanol–water partition coefficient (Wildman–Crippen LogP) is 2.67. The molecule has 1 N–H and O–H groups in total. The molecule has 116 valence electrons. The Kier molecular flexibility index (Phi) is 3.67. The van der Waals surface area contributed by atoms with Crippen molar-refractivity contribution in [3.8, 4) is 0 Å². The Hall–Kier alpha value is -1.73. The highest BCUT2D eigenvalue weighted by Gasteiger charge is 2.22. The second-order valence-electron chi connectivity index (χ2n) is 5.45. The van der Waals surface area contributed by atoms with Crippen molar-refractivity contribution in [2.45, 2.75) is 32.6 Å². The number of thiophene rings is 1. The SMILES string of the molecule is CCOCCCNc1nc2sc3c(c2c2ncnn12)CCC3. The standard InChI is InChI=1S/C15H19N5OS/c1-2-21-8-4-7-16-15-19-14-12(13-17-9-18-20(13)15)10-5-3-6-11(10)22-14/h9H,2-8H2,1H3,(H,16,19). The van der Waals surface area contributed by atoms with E-state index < -0.39 is 0 Å². The molecule has 3 aromatic heterocycles. The van der Waals surface area contributed by atoms with Gasteiger partial charge < -0.3 is 10.1 Å². The van der Waals surface area contributed by atoms with E-state index in [1.807, 2.05) is 22.8 Å².